The van der Waals surface area contributed by atoms with E-state index in [1.165, 1.54) is 4.31 Å². The Labute approximate surface area is 93.9 Å². The zero-order chi connectivity index (χ0) is 12.0. The molecule has 7 heteroatoms. The summed E-state index contributed by atoms with van der Waals surface area (Å²) in [6.07, 6.45) is 1.53. The summed E-state index contributed by atoms with van der Waals surface area (Å²) in [4.78, 5) is 10.3. The number of aliphatic carboxylic acids is 1. The van der Waals surface area contributed by atoms with Crippen LogP contribution in [0.5, 0.6) is 0 Å². The van der Waals surface area contributed by atoms with Crippen molar-refractivity contribution in [1.82, 2.24) is 4.31 Å². The summed E-state index contributed by atoms with van der Waals surface area (Å²) in [6, 6.07) is 0. The molecule has 2 aliphatic rings. The zero-order valence-electron chi connectivity index (χ0n) is 8.79. The lowest BCUT2D eigenvalue weighted by Gasteiger charge is -2.45. The van der Waals surface area contributed by atoms with Gasteiger partial charge in [0.15, 0.2) is 0 Å². The molecule has 1 heterocycles. The first-order chi connectivity index (χ1) is 7.33. The van der Waals surface area contributed by atoms with E-state index in [0.717, 1.165) is 12.8 Å². The number of nitrogens with zero attached hydrogens (tertiary/aromatic N) is 1. The van der Waals surface area contributed by atoms with E-state index < -0.39 is 21.6 Å². The molecule has 0 aromatic heterocycles. The predicted octanol–water partition coefficient (Wildman–Crippen LogP) is -0.752. The van der Waals surface area contributed by atoms with E-state index in [4.69, 9.17) is 5.11 Å². The summed E-state index contributed by atoms with van der Waals surface area (Å²) in [5.41, 5.74) is -0.851. The molecular formula is C9H15NO5S. The highest BCUT2D eigenvalue weighted by Crippen LogP contribution is 2.45. The molecule has 0 aromatic carbocycles. The normalized spacial score (nSPS) is 25.1. The van der Waals surface area contributed by atoms with Gasteiger partial charge in [-0.25, -0.2) is 8.42 Å². The second-order valence-electron chi connectivity index (χ2n) is 4.61. The SMILES string of the molecule is O=C(O)CCS(=O)(=O)N1CC(O)(C2CC2)C1. The molecule has 92 valence electrons. The Kier molecular flexibility index (Phi) is 2.72. The lowest BCUT2D eigenvalue weighted by atomic mass is 9.91. The van der Waals surface area contributed by atoms with E-state index in [-0.39, 0.29) is 31.2 Å². The van der Waals surface area contributed by atoms with Gasteiger partial charge >= 0.3 is 5.97 Å². The number of hydrogen-bond donors (Lipinski definition) is 2. The van der Waals surface area contributed by atoms with Crippen LogP contribution in [0.2, 0.25) is 0 Å². The first-order valence-corrected chi connectivity index (χ1v) is 6.86. The Hall–Kier alpha value is -0.660. The summed E-state index contributed by atoms with van der Waals surface area (Å²) in [5.74, 6) is -1.27. The van der Waals surface area contributed by atoms with Gasteiger partial charge in [-0.1, -0.05) is 0 Å². The summed E-state index contributed by atoms with van der Waals surface area (Å²) in [6.45, 7) is 0.249. The molecule has 6 nitrogen and oxygen atoms in total. The van der Waals surface area contributed by atoms with Crippen LogP contribution < -0.4 is 0 Å². The van der Waals surface area contributed by atoms with Gasteiger partial charge in [0.05, 0.1) is 17.8 Å². The molecule has 2 N–H and O–H groups in total. The minimum absolute atomic E-state index is 0.125. The molecule has 1 aliphatic heterocycles. The van der Waals surface area contributed by atoms with E-state index in [0.29, 0.717) is 0 Å². The van der Waals surface area contributed by atoms with Crippen LogP contribution in [-0.4, -0.2) is 53.3 Å². The van der Waals surface area contributed by atoms with Gasteiger partial charge in [0.1, 0.15) is 0 Å². The van der Waals surface area contributed by atoms with Crippen LogP contribution >= 0.6 is 0 Å². The first kappa shape index (κ1) is 11.8. The standard InChI is InChI=1S/C9H15NO5S/c11-8(12)3-4-16(14,15)10-5-9(13,6-10)7-1-2-7/h7,13H,1-6H2,(H,11,12). The van der Waals surface area contributed by atoms with E-state index in [1.807, 2.05) is 0 Å². The molecule has 0 bridgehead atoms. The lowest BCUT2D eigenvalue weighted by molar-refractivity contribution is -0.136. The molecule has 0 amide bonds. The van der Waals surface area contributed by atoms with E-state index in [1.54, 1.807) is 0 Å². The van der Waals surface area contributed by atoms with Crippen molar-refractivity contribution in [2.75, 3.05) is 18.8 Å². The fourth-order valence-electron chi connectivity index (χ4n) is 1.99. The molecule has 1 saturated heterocycles. The number of sulfonamides is 1. The Bertz CT molecular complexity index is 394. The molecular weight excluding hydrogens is 234 g/mol. The van der Waals surface area contributed by atoms with E-state index in [9.17, 15) is 18.3 Å². The smallest absolute Gasteiger partial charge is 0.304 e. The molecule has 2 fully saturated rings. The predicted molar refractivity (Wildman–Crippen MR) is 55.3 cm³/mol. The van der Waals surface area contributed by atoms with Crippen LogP contribution in [0, 0.1) is 5.92 Å². The van der Waals surface area contributed by atoms with Gasteiger partial charge in [-0.05, 0) is 18.8 Å². The van der Waals surface area contributed by atoms with Crippen molar-refractivity contribution in [2.24, 2.45) is 5.92 Å². The van der Waals surface area contributed by atoms with Gasteiger partial charge < -0.3 is 10.2 Å². The van der Waals surface area contributed by atoms with Gasteiger partial charge in [-0.3, -0.25) is 4.79 Å². The monoisotopic (exact) mass is 249 g/mol. The van der Waals surface area contributed by atoms with Crippen molar-refractivity contribution in [1.29, 1.82) is 0 Å². The molecule has 1 aliphatic carbocycles. The third-order valence-electron chi connectivity index (χ3n) is 3.20. The maximum atomic E-state index is 11.6. The highest BCUT2D eigenvalue weighted by molar-refractivity contribution is 7.89. The number of carbonyl (C=O) groups is 1. The van der Waals surface area contributed by atoms with E-state index >= 15 is 0 Å². The highest BCUT2D eigenvalue weighted by Gasteiger charge is 2.54. The van der Waals surface area contributed by atoms with E-state index in [2.05, 4.69) is 0 Å². The number of rotatable bonds is 5. The summed E-state index contributed by atoms with van der Waals surface area (Å²) < 4.78 is 24.4. The van der Waals surface area contributed by atoms with Crippen LogP contribution in [0.1, 0.15) is 19.3 Å². The summed E-state index contributed by atoms with van der Waals surface area (Å²) >= 11 is 0. The third-order valence-corrected chi connectivity index (χ3v) is 4.97. The maximum absolute atomic E-state index is 11.6. The third kappa shape index (κ3) is 2.21. The average Bonchev–Trinajstić information content (AvgIpc) is 2.93. The number of hydrogen-bond acceptors (Lipinski definition) is 4. The maximum Gasteiger partial charge on any atom is 0.304 e. The topological polar surface area (TPSA) is 94.9 Å². The van der Waals surface area contributed by atoms with Gasteiger partial charge in [0.2, 0.25) is 10.0 Å². The molecule has 2 rings (SSSR count). The molecule has 16 heavy (non-hydrogen) atoms. The summed E-state index contributed by atoms with van der Waals surface area (Å²) in [7, 11) is -3.50. The number of carboxylic acids is 1. The molecule has 0 atom stereocenters. The highest BCUT2D eigenvalue weighted by atomic mass is 32.2. The van der Waals surface area contributed by atoms with Crippen LogP contribution in [0.25, 0.3) is 0 Å². The van der Waals surface area contributed by atoms with Crippen molar-refractivity contribution >= 4 is 16.0 Å². The zero-order valence-corrected chi connectivity index (χ0v) is 9.61. The van der Waals surface area contributed by atoms with Crippen LogP contribution in [0.15, 0.2) is 0 Å². The number of aliphatic hydroxyl groups is 1. The lowest BCUT2D eigenvalue weighted by Crippen LogP contribution is -2.64. The Morgan fingerprint density at radius 3 is 2.38 bits per heavy atom. The van der Waals surface area contributed by atoms with Gasteiger partial charge in [-0.2, -0.15) is 4.31 Å². The first-order valence-electron chi connectivity index (χ1n) is 5.25. The van der Waals surface area contributed by atoms with Gasteiger partial charge in [0, 0.05) is 13.1 Å². The van der Waals surface area contributed by atoms with Crippen LogP contribution in [0.3, 0.4) is 0 Å². The minimum Gasteiger partial charge on any atom is -0.481 e. The minimum atomic E-state index is -3.50. The second kappa shape index (κ2) is 3.68. The van der Waals surface area contributed by atoms with Crippen molar-refractivity contribution in [3.63, 3.8) is 0 Å². The second-order valence-corrected chi connectivity index (χ2v) is 6.69. The fourth-order valence-corrected chi connectivity index (χ4v) is 3.52. The van der Waals surface area contributed by atoms with Gasteiger partial charge in [-0.15, -0.1) is 0 Å². The summed E-state index contributed by atoms with van der Waals surface area (Å²) in [5, 5.41) is 18.4. The Morgan fingerprint density at radius 2 is 1.94 bits per heavy atom. The van der Waals surface area contributed by atoms with Crippen molar-refractivity contribution < 1.29 is 23.4 Å². The average molecular weight is 249 g/mol. The van der Waals surface area contributed by atoms with Crippen molar-refractivity contribution in [3.8, 4) is 0 Å². The number of β-amino-alcohol motifs (C(OH)–C–C–N with tert-alkyl or cyclic N) is 1. The molecule has 0 aromatic rings. The quantitative estimate of drug-likeness (QED) is 0.668. The Balaban J connectivity index is 1.87. The van der Waals surface area contributed by atoms with Crippen molar-refractivity contribution in [2.45, 2.75) is 24.9 Å². The molecule has 0 radical (unpaired) electrons. The van der Waals surface area contributed by atoms with Crippen LogP contribution in [0.4, 0.5) is 0 Å². The van der Waals surface area contributed by atoms with Crippen LogP contribution in [-0.2, 0) is 14.8 Å². The molecule has 1 saturated carbocycles. The fraction of sp³-hybridized carbons (Fsp3) is 0.889. The number of carboxylic acid groups (broad SMARTS) is 1. The van der Waals surface area contributed by atoms with Crippen molar-refractivity contribution in [3.05, 3.63) is 0 Å². The van der Waals surface area contributed by atoms with Gasteiger partial charge in [0.25, 0.3) is 0 Å². The molecule has 0 spiro atoms. The Morgan fingerprint density at radius 1 is 1.38 bits per heavy atom. The molecule has 0 unspecified atom stereocenters. The largest absolute Gasteiger partial charge is 0.481 e.